The first-order valence-electron chi connectivity index (χ1n) is 50.2. The molecule has 5 aromatic carbocycles. The largest absolute Gasteiger partial charge is 0.435 e. The number of aryl methyl sites for hydroxylation is 10. The van der Waals surface area contributed by atoms with Gasteiger partial charge in [-0.1, -0.05) is 60.7 Å². The lowest BCUT2D eigenvalue weighted by Gasteiger charge is -2.33. The van der Waals surface area contributed by atoms with Crippen LogP contribution in [0, 0.1) is 69.2 Å². The van der Waals surface area contributed by atoms with Crippen LogP contribution < -0.4 is 49.0 Å². The van der Waals surface area contributed by atoms with Crippen molar-refractivity contribution >= 4 is 197 Å². The highest BCUT2D eigenvalue weighted by molar-refractivity contribution is 6.15. The molecule has 5 atom stereocenters. The minimum Gasteiger partial charge on any atom is -0.435 e. The molecule has 0 aliphatic carbocycles. The fourth-order valence-electron chi connectivity index (χ4n) is 20.3. The maximum atomic E-state index is 8.70. The van der Waals surface area contributed by atoms with E-state index in [2.05, 4.69) is 183 Å². The third-order valence-corrected chi connectivity index (χ3v) is 26.5. The van der Waals surface area contributed by atoms with E-state index in [4.69, 9.17) is 34.4 Å². The Morgan fingerprint density at radius 3 is 0.794 bits per heavy atom. The molecule has 27 nitrogen and oxygen atoms in total. The van der Waals surface area contributed by atoms with Gasteiger partial charge in [-0.05, 0) is 270 Å². The van der Waals surface area contributed by atoms with Crippen LogP contribution in [0.15, 0.2) is 223 Å². The number of nitrogens with zero attached hydrogens (tertiary/aromatic N) is 22. The Kier molecular flexibility index (Phi) is 19.0. The SMILES string of the molecule is [2H]C(C)(C)N1c2ncccc2N(c2c(C)ccc3c2oc2nc(C)ccc23)[C@H]1C.[2H]C(C)(C)N1c2ncccc2N(c2c(C)ccc3c2oc2nc(C)ccc23)[C@H]1C.[2H]C(C)(C)N1c2nccnc2N(c2c(C)ccc3c2oc2nc(C)ccc23)[C@H]1C.[2H]C([2H])([2H])N1c2ncccc2N(c2c(C)ccc3c2oc2nc(C)ccc23)[C@H]1C.[2H]C([2H])([2H])N1c2nccnc2N(c2c(C)ccc3c2oc2nc(C)ccc23)[C@H]1C. The Morgan fingerprint density at radius 2 is 0.478 bits per heavy atom. The normalized spacial score (nSPS) is 18.0. The van der Waals surface area contributed by atoms with E-state index in [1.807, 2.05) is 219 Å². The summed E-state index contributed by atoms with van der Waals surface area (Å²) < 4.78 is 105. The van der Waals surface area contributed by atoms with Crippen LogP contribution in [-0.2, 0) is 0 Å². The van der Waals surface area contributed by atoms with Gasteiger partial charge in [0.05, 0.1) is 49.6 Å². The van der Waals surface area contributed by atoms with Gasteiger partial charge in [0.2, 0.25) is 28.6 Å². The Hall–Kier alpha value is -15.5. The topological polar surface area (TPSA) is 253 Å². The molecule has 25 rings (SSSR count). The molecular formula is C109H110N22O5. The summed E-state index contributed by atoms with van der Waals surface area (Å²) >= 11 is 0. The van der Waals surface area contributed by atoms with Crippen molar-refractivity contribution in [3.63, 3.8) is 0 Å². The maximum Gasteiger partial charge on any atom is 0.227 e. The lowest BCUT2D eigenvalue weighted by molar-refractivity contribution is 0.597. The van der Waals surface area contributed by atoms with E-state index in [0.717, 1.165) is 190 Å². The molecule has 0 spiro atoms. The summed E-state index contributed by atoms with van der Waals surface area (Å²) in [6.45, 7) is 36.6. The average molecular weight is 1820 g/mol. The predicted octanol–water partition coefficient (Wildman–Crippen LogP) is 25.8. The summed E-state index contributed by atoms with van der Waals surface area (Å²) in [5.74, 6) is 4.37. The van der Waals surface area contributed by atoms with Gasteiger partial charge < -0.3 is 61.3 Å². The number of benzene rings is 5. The van der Waals surface area contributed by atoms with Crippen LogP contribution >= 0.6 is 0 Å². The Labute approximate surface area is 801 Å². The lowest BCUT2D eigenvalue weighted by Crippen LogP contribution is -2.42. The molecule has 0 saturated heterocycles. The summed E-state index contributed by atoms with van der Waals surface area (Å²) in [7, 11) is 0. The van der Waals surface area contributed by atoms with Gasteiger partial charge in [-0.15, -0.1) is 0 Å². The van der Waals surface area contributed by atoms with Gasteiger partial charge >= 0.3 is 0 Å². The third kappa shape index (κ3) is 14.0. The number of hydrogen-bond donors (Lipinski definition) is 0. The van der Waals surface area contributed by atoms with Crippen LogP contribution in [0.25, 0.3) is 110 Å². The van der Waals surface area contributed by atoms with E-state index in [-0.39, 0.29) is 18.5 Å². The van der Waals surface area contributed by atoms with Crippen molar-refractivity contribution in [3.05, 3.63) is 257 Å². The summed E-state index contributed by atoms with van der Waals surface area (Å²) in [4.78, 5) is 73.7. The zero-order valence-corrected chi connectivity index (χ0v) is 79.8. The molecule has 15 aromatic heterocycles. The van der Waals surface area contributed by atoms with E-state index in [1.165, 1.54) is 16.0 Å². The minimum atomic E-state index is -2.35. The molecule has 686 valence electrons. The standard InChI is InChI=1S/2C23H24N4O.C22H23N5O.C21H20N4O.C20H19N5O/c2*1-13(2)26-16(5)27(19-7-6-12-24-22(19)26)20-14(3)8-10-17-18-11-9-15(4)25-23(18)28-21(17)20;1-12(2)26-15(5)27(21-20(26)23-10-11-24-21)18-13(3)6-8-16-17-9-7-14(4)25-22(17)28-19(16)18;1-12-7-9-15-16-10-8-13(2)23-21(16)26-19(15)18(12)25-14(3)24(4)20-17(25)6-5-11-22-20;1-11-5-7-14-15-8-6-12(2)23-20(15)26-17(14)16(11)25-13(3)24(4)18-19(25)22-10-9-21-18/h2*6-13,16H,1-5H3;6-12,15H,1-5H3;5-11,14H,1-4H3;5-10,13H,1-4H3/t2*16-;15-;14-;13-/m00000/s1/i2*13D;12D;2*4D3. The molecule has 0 saturated carbocycles. The van der Waals surface area contributed by atoms with E-state index in [1.54, 1.807) is 37.2 Å². The van der Waals surface area contributed by atoms with Crippen LogP contribution in [0.5, 0.6) is 0 Å². The van der Waals surface area contributed by atoms with Crippen molar-refractivity contribution in [3.8, 4) is 0 Å². The molecule has 27 heteroatoms. The summed E-state index contributed by atoms with van der Waals surface area (Å²) in [5, 5.41) is 9.90. The molecule has 20 aromatic rings. The van der Waals surface area contributed by atoms with Crippen molar-refractivity contribution in [1.82, 2.24) is 59.8 Å². The summed E-state index contributed by atoms with van der Waals surface area (Å²) in [5.41, 5.74) is 23.9. The second-order valence-corrected chi connectivity index (χ2v) is 36.2. The van der Waals surface area contributed by atoms with Crippen molar-refractivity contribution in [2.45, 2.75) is 194 Å². The van der Waals surface area contributed by atoms with E-state index >= 15 is 0 Å². The number of furan rings is 5. The molecular weight excluding hydrogens is 1700 g/mol. The van der Waals surface area contributed by atoms with Crippen LogP contribution in [-0.4, -0.2) is 123 Å². The highest BCUT2D eigenvalue weighted by atomic mass is 16.4. The minimum absolute atomic E-state index is 0.0837. The molecule has 5 aliphatic rings. The van der Waals surface area contributed by atoms with Gasteiger partial charge in [0.15, 0.2) is 68.6 Å². The molecule has 0 bridgehead atoms. The number of pyridine rings is 8. The van der Waals surface area contributed by atoms with E-state index < -0.39 is 44.3 Å². The van der Waals surface area contributed by atoms with Crippen LogP contribution in [0.2, 0.25) is 0 Å². The number of anilines is 15. The zero-order chi connectivity index (χ0) is 102. The van der Waals surface area contributed by atoms with Gasteiger partial charge in [-0.25, -0.2) is 59.8 Å². The molecule has 20 heterocycles. The van der Waals surface area contributed by atoms with Crippen molar-refractivity contribution in [2.75, 3.05) is 63.0 Å². The number of fused-ring (bicyclic) bond motifs is 20. The van der Waals surface area contributed by atoms with E-state index in [0.29, 0.717) is 63.0 Å². The Bertz CT molecular complexity index is 7450. The average Bonchev–Trinajstić information content (AvgIpc) is 1.58. The van der Waals surface area contributed by atoms with Crippen LogP contribution in [0.1, 0.15) is 145 Å². The smallest absolute Gasteiger partial charge is 0.227 e. The van der Waals surface area contributed by atoms with Gasteiger partial charge in [-0.2, -0.15) is 0 Å². The highest BCUT2D eigenvalue weighted by Crippen LogP contribution is 2.55. The van der Waals surface area contributed by atoms with E-state index in [9.17, 15) is 0 Å². The van der Waals surface area contributed by atoms with Gasteiger partial charge in [-0.3, -0.25) is 9.80 Å². The fourth-order valence-corrected chi connectivity index (χ4v) is 20.3. The Balaban J connectivity index is 0.000000107. The van der Waals surface area contributed by atoms with Crippen LogP contribution in [0.4, 0.5) is 86.2 Å². The van der Waals surface area contributed by atoms with Crippen molar-refractivity contribution in [2.24, 2.45) is 0 Å². The number of aromatic nitrogens is 12. The first-order chi connectivity index (χ1) is 68.8. The summed E-state index contributed by atoms with van der Waals surface area (Å²) in [6, 6.07) is 50.1. The number of rotatable bonds is 8. The molecule has 0 fully saturated rings. The molecule has 0 amide bonds. The first kappa shape index (κ1) is 77.0. The zero-order valence-electron chi connectivity index (χ0n) is 88.8. The van der Waals surface area contributed by atoms with Gasteiger partial charge in [0.25, 0.3) is 0 Å². The molecule has 0 N–H and O–H groups in total. The number of hydrogen-bond acceptors (Lipinski definition) is 27. The van der Waals surface area contributed by atoms with Crippen molar-refractivity contribution in [1.29, 1.82) is 0 Å². The van der Waals surface area contributed by atoms with Gasteiger partial charge in [0.1, 0.15) is 30.8 Å². The van der Waals surface area contributed by atoms with Crippen LogP contribution in [0.3, 0.4) is 0 Å². The molecule has 0 unspecified atom stereocenters. The lowest BCUT2D eigenvalue weighted by atomic mass is 10.1. The fraction of sp³-hybridized carbons (Fsp3) is 0.284. The first-order valence-corrected chi connectivity index (χ1v) is 45.7. The highest BCUT2D eigenvalue weighted by Gasteiger charge is 2.44. The second kappa shape index (κ2) is 33.6. The Morgan fingerprint density at radius 1 is 0.250 bits per heavy atom. The predicted molar refractivity (Wildman–Crippen MR) is 549 cm³/mol. The second-order valence-electron chi connectivity index (χ2n) is 36.2. The molecule has 0 radical (unpaired) electrons. The molecule has 5 aliphatic heterocycles. The van der Waals surface area contributed by atoms with Crippen molar-refractivity contribution < 1.29 is 34.4 Å². The quantitative estimate of drug-likeness (QED) is 0.137. The third-order valence-electron chi connectivity index (χ3n) is 26.5. The monoisotopic (exact) mass is 1820 g/mol. The summed E-state index contributed by atoms with van der Waals surface area (Å²) in [6.07, 6.45) is 10.3. The van der Waals surface area contributed by atoms with Gasteiger partial charge in [0, 0.05) is 166 Å². The molecule has 136 heavy (non-hydrogen) atoms. The maximum absolute atomic E-state index is 8.70.